The number of alkyl halides is 3. The highest BCUT2D eigenvalue weighted by atomic mass is 32.1. The first-order valence-corrected chi connectivity index (χ1v) is 7.53. The molecule has 0 bridgehead atoms. The Hall–Kier alpha value is -1.86. The van der Waals surface area contributed by atoms with Crippen molar-refractivity contribution in [1.82, 2.24) is 0 Å². The number of nitrogens with one attached hydrogen (secondary N) is 2. The molecule has 1 unspecified atom stereocenters. The van der Waals surface area contributed by atoms with E-state index in [0.29, 0.717) is 6.54 Å². The number of likely N-dealkylation sites (N-methyl/N-ethyl adjacent to an activating group) is 1. The molecule has 118 valence electrons. The fraction of sp³-hybridized carbons (Fsp3) is 0.267. The van der Waals surface area contributed by atoms with Gasteiger partial charge in [-0.15, -0.1) is 11.3 Å². The van der Waals surface area contributed by atoms with E-state index in [2.05, 4.69) is 5.32 Å². The highest BCUT2D eigenvalue weighted by molar-refractivity contribution is 7.09. The van der Waals surface area contributed by atoms with Crippen LogP contribution in [0.4, 0.5) is 18.9 Å². The molecule has 22 heavy (non-hydrogen) atoms. The van der Waals surface area contributed by atoms with Gasteiger partial charge in [-0.1, -0.05) is 12.1 Å². The number of amides is 1. The normalized spacial score (nSPS) is 12.9. The van der Waals surface area contributed by atoms with E-state index in [1.54, 1.807) is 11.3 Å². The minimum Gasteiger partial charge on any atom is -0.325 e. The number of thiophene rings is 1. The molecule has 0 saturated heterocycles. The predicted octanol–water partition coefficient (Wildman–Crippen LogP) is 2.42. The summed E-state index contributed by atoms with van der Waals surface area (Å²) in [4.78, 5) is 14.0. The lowest BCUT2D eigenvalue weighted by atomic mass is 10.2. The SMILES string of the molecule is C[NH+](CC(=O)Nc1cccc(C(F)(F)F)c1)Cc1cccs1. The van der Waals surface area contributed by atoms with Gasteiger partial charge in [-0.05, 0) is 29.6 Å². The maximum atomic E-state index is 12.6. The van der Waals surface area contributed by atoms with Crippen molar-refractivity contribution in [2.45, 2.75) is 12.7 Å². The lowest BCUT2D eigenvalue weighted by Crippen LogP contribution is -3.08. The Balaban J connectivity index is 1.91. The average molecular weight is 329 g/mol. The molecule has 1 heterocycles. The van der Waals surface area contributed by atoms with E-state index in [-0.39, 0.29) is 18.1 Å². The van der Waals surface area contributed by atoms with Crippen LogP contribution in [0.3, 0.4) is 0 Å². The molecule has 7 heteroatoms. The van der Waals surface area contributed by atoms with Gasteiger partial charge >= 0.3 is 6.18 Å². The zero-order valence-corrected chi connectivity index (χ0v) is 12.7. The standard InChI is InChI=1S/C15H15F3N2OS/c1-20(9-13-6-3-7-22-13)10-14(21)19-12-5-2-4-11(8-12)15(16,17)18/h2-8H,9-10H2,1H3,(H,19,21)/p+1. The Morgan fingerprint density at radius 1 is 1.27 bits per heavy atom. The molecule has 0 saturated carbocycles. The van der Waals surface area contributed by atoms with Crippen molar-refractivity contribution >= 4 is 22.9 Å². The first-order valence-electron chi connectivity index (χ1n) is 6.65. The summed E-state index contributed by atoms with van der Waals surface area (Å²) in [6, 6.07) is 8.56. The predicted molar refractivity (Wildman–Crippen MR) is 79.9 cm³/mol. The number of benzene rings is 1. The minimum atomic E-state index is -4.41. The second-order valence-corrected chi connectivity index (χ2v) is 6.05. The van der Waals surface area contributed by atoms with Gasteiger partial charge in [0.15, 0.2) is 6.54 Å². The van der Waals surface area contributed by atoms with Crippen LogP contribution in [0.2, 0.25) is 0 Å². The van der Waals surface area contributed by atoms with Gasteiger partial charge in [0.1, 0.15) is 6.54 Å². The summed E-state index contributed by atoms with van der Waals surface area (Å²) in [6.45, 7) is 0.891. The Morgan fingerprint density at radius 3 is 2.68 bits per heavy atom. The monoisotopic (exact) mass is 329 g/mol. The van der Waals surface area contributed by atoms with Crippen LogP contribution in [0.1, 0.15) is 10.4 Å². The molecule has 2 N–H and O–H groups in total. The molecule has 2 rings (SSSR count). The summed E-state index contributed by atoms with van der Waals surface area (Å²) in [5.41, 5.74) is -0.617. The number of hydrogen-bond donors (Lipinski definition) is 2. The molecular weight excluding hydrogens is 313 g/mol. The molecule has 0 spiro atoms. The molecule has 1 atom stereocenters. The van der Waals surface area contributed by atoms with Crippen molar-refractivity contribution in [3.05, 3.63) is 52.2 Å². The minimum absolute atomic E-state index is 0.156. The number of hydrogen-bond acceptors (Lipinski definition) is 2. The van der Waals surface area contributed by atoms with Crippen LogP contribution in [-0.2, 0) is 17.5 Å². The number of quaternary nitrogens is 1. The van der Waals surface area contributed by atoms with Crippen LogP contribution in [0, 0.1) is 0 Å². The maximum absolute atomic E-state index is 12.6. The van der Waals surface area contributed by atoms with E-state index in [9.17, 15) is 18.0 Å². The number of rotatable bonds is 5. The zero-order valence-electron chi connectivity index (χ0n) is 11.9. The van der Waals surface area contributed by atoms with Crippen molar-refractivity contribution in [3.63, 3.8) is 0 Å². The smallest absolute Gasteiger partial charge is 0.325 e. The summed E-state index contributed by atoms with van der Waals surface area (Å²) < 4.78 is 37.8. The summed E-state index contributed by atoms with van der Waals surface area (Å²) in [6.07, 6.45) is -4.41. The Kier molecular flexibility index (Phi) is 5.20. The van der Waals surface area contributed by atoms with Crippen LogP contribution in [-0.4, -0.2) is 19.5 Å². The lowest BCUT2D eigenvalue weighted by molar-refractivity contribution is -0.884. The van der Waals surface area contributed by atoms with Gasteiger partial charge in [0, 0.05) is 5.69 Å². The van der Waals surface area contributed by atoms with Gasteiger partial charge in [-0.3, -0.25) is 4.79 Å². The highest BCUT2D eigenvalue weighted by Crippen LogP contribution is 2.30. The van der Waals surface area contributed by atoms with Crippen molar-refractivity contribution in [1.29, 1.82) is 0 Å². The molecule has 0 aliphatic rings. The number of carbonyl (C=O) groups is 1. The molecule has 3 nitrogen and oxygen atoms in total. The zero-order chi connectivity index (χ0) is 16.2. The van der Waals surface area contributed by atoms with E-state index in [4.69, 9.17) is 0 Å². The first kappa shape index (κ1) is 16.5. The maximum Gasteiger partial charge on any atom is 0.416 e. The third-order valence-corrected chi connectivity index (χ3v) is 3.87. The van der Waals surface area contributed by atoms with Crippen LogP contribution in [0.5, 0.6) is 0 Å². The molecule has 0 radical (unpaired) electrons. The van der Waals surface area contributed by atoms with Crippen molar-refractivity contribution in [2.75, 3.05) is 18.9 Å². The van der Waals surface area contributed by atoms with Gasteiger partial charge in [0.25, 0.3) is 5.91 Å². The third-order valence-electron chi connectivity index (χ3n) is 2.99. The van der Waals surface area contributed by atoms with E-state index in [1.807, 2.05) is 24.6 Å². The van der Waals surface area contributed by atoms with E-state index in [0.717, 1.165) is 21.9 Å². The van der Waals surface area contributed by atoms with E-state index >= 15 is 0 Å². The summed E-state index contributed by atoms with van der Waals surface area (Å²) >= 11 is 1.61. The fourth-order valence-electron chi connectivity index (χ4n) is 2.03. The van der Waals surface area contributed by atoms with E-state index in [1.165, 1.54) is 12.1 Å². The van der Waals surface area contributed by atoms with Gasteiger partial charge in [0.05, 0.1) is 17.5 Å². The van der Waals surface area contributed by atoms with Crippen molar-refractivity contribution < 1.29 is 22.9 Å². The second kappa shape index (κ2) is 6.93. The molecule has 2 aromatic rings. The first-order chi connectivity index (χ1) is 10.3. The second-order valence-electron chi connectivity index (χ2n) is 5.02. The highest BCUT2D eigenvalue weighted by Gasteiger charge is 2.30. The van der Waals surface area contributed by atoms with Crippen LogP contribution < -0.4 is 10.2 Å². The summed E-state index contributed by atoms with van der Waals surface area (Å²) in [5, 5.41) is 4.47. The molecule has 0 aliphatic carbocycles. The van der Waals surface area contributed by atoms with Gasteiger partial charge < -0.3 is 10.2 Å². The Labute approximate surface area is 130 Å². The van der Waals surface area contributed by atoms with E-state index < -0.39 is 11.7 Å². The largest absolute Gasteiger partial charge is 0.416 e. The summed E-state index contributed by atoms with van der Waals surface area (Å²) in [7, 11) is 1.87. The summed E-state index contributed by atoms with van der Waals surface area (Å²) in [5.74, 6) is -0.312. The van der Waals surface area contributed by atoms with Gasteiger partial charge in [0.2, 0.25) is 0 Å². The fourth-order valence-corrected chi connectivity index (χ4v) is 2.84. The third kappa shape index (κ3) is 4.85. The van der Waals surface area contributed by atoms with Crippen LogP contribution in [0.25, 0.3) is 0 Å². The van der Waals surface area contributed by atoms with Gasteiger partial charge in [-0.25, -0.2) is 0 Å². The molecule has 1 aromatic carbocycles. The Bertz CT molecular complexity index is 626. The lowest BCUT2D eigenvalue weighted by Gasteiger charge is -2.13. The molecule has 1 amide bonds. The number of anilines is 1. The van der Waals surface area contributed by atoms with Crippen LogP contribution in [0.15, 0.2) is 41.8 Å². The number of carbonyl (C=O) groups excluding carboxylic acids is 1. The molecule has 1 aromatic heterocycles. The quantitative estimate of drug-likeness (QED) is 0.868. The molecule has 0 aliphatic heterocycles. The molecular formula is C15H16F3N2OS+. The number of halogens is 3. The Morgan fingerprint density at radius 2 is 2.05 bits per heavy atom. The average Bonchev–Trinajstić information content (AvgIpc) is 2.90. The van der Waals surface area contributed by atoms with Crippen molar-refractivity contribution in [3.8, 4) is 0 Å². The topological polar surface area (TPSA) is 33.5 Å². The molecule has 0 fully saturated rings. The van der Waals surface area contributed by atoms with Gasteiger partial charge in [-0.2, -0.15) is 13.2 Å². The van der Waals surface area contributed by atoms with Crippen LogP contribution >= 0.6 is 11.3 Å². The van der Waals surface area contributed by atoms with Crippen molar-refractivity contribution in [2.24, 2.45) is 0 Å².